The van der Waals surface area contributed by atoms with Crippen molar-refractivity contribution in [3.8, 4) is 0 Å². The minimum Gasteiger partial charge on any atom is -0.192 e. The van der Waals surface area contributed by atoms with Gasteiger partial charge in [0.25, 0.3) is 0 Å². The maximum atomic E-state index is 3.86. The molecule has 0 radical (unpaired) electrons. The molecule has 0 aromatic carbocycles. The predicted molar refractivity (Wildman–Crippen MR) is 48.9 cm³/mol. The van der Waals surface area contributed by atoms with E-state index >= 15 is 0 Å². The average Bonchev–Trinajstić information content (AvgIpc) is 1.77. The Morgan fingerprint density at radius 2 is 2.50 bits per heavy atom. The van der Waals surface area contributed by atoms with Gasteiger partial charge in [-0.25, -0.2) is 0 Å². The Kier molecular flexibility index (Phi) is 2.28. The van der Waals surface area contributed by atoms with E-state index in [-0.39, 0.29) is 0 Å². The van der Waals surface area contributed by atoms with E-state index < -0.39 is 0 Å². The van der Waals surface area contributed by atoms with Crippen molar-refractivity contribution in [2.24, 2.45) is 10.2 Å². The zero-order valence-electron chi connectivity index (χ0n) is 3.67. The molecule has 0 unspecified atom stereocenters. The maximum absolute atomic E-state index is 3.86. The standard InChI is InChI=1S/C2H2I2N4/c3-2-1-5-8(4)7-6-2/h1,7H. The highest BCUT2D eigenvalue weighted by molar-refractivity contribution is 14.1. The van der Waals surface area contributed by atoms with E-state index in [1.54, 1.807) is 6.21 Å². The molecule has 1 aliphatic heterocycles. The van der Waals surface area contributed by atoms with Crippen molar-refractivity contribution >= 4 is 55.4 Å². The zero-order valence-corrected chi connectivity index (χ0v) is 7.99. The van der Waals surface area contributed by atoms with Gasteiger partial charge in [0.15, 0.2) is 0 Å². The Hall–Kier alpha value is 0.400. The molecule has 1 heterocycles. The fraction of sp³-hybridized carbons (Fsp3) is 0. The van der Waals surface area contributed by atoms with Gasteiger partial charge < -0.3 is 0 Å². The first-order valence-electron chi connectivity index (χ1n) is 1.78. The second-order valence-electron chi connectivity index (χ2n) is 1.04. The summed E-state index contributed by atoms with van der Waals surface area (Å²) in [5.74, 6) is 0. The molecular formula is C2H2I2N4. The van der Waals surface area contributed by atoms with Crippen LogP contribution in [-0.4, -0.2) is 13.3 Å². The lowest BCUT2D eigenvalue weighted by atomic mass is 10.8. The average molecular weight is 336 g/mol. The Morgan fingerprint density at radius 1 is 1.75 bits per heavy atom. The molecule has 6 heteroatoms. The lowest BCUT2D eigenvalue weighted by Crippen LogP contribution is -2.23. The number of hydrazine groups is 1. The van der Waals surface area contributed by atoms with Crippen LogP contribution >= 0.6 is 45.5 Å². The Morgan fingerprint density at radius 3 is 2.88 bits per heavy atom. The van der Waals surface area contributed by atoms with Crippen molar-refractivity contribution in [1.29, 1.82) is 0 Å². The fourth-order valence-electron chi connectivity index (χ4n) is 0.242. The molecule has 44 valence electrons. The first-order valence-corrected chi connectivity index (χ1v) is 3.82. The summed E-state index contributed by atoms with van der Waals surface area (Å²) in [7, 11) is 0. The summed E-state index contributed by atoms with van der Waals surface area (Å²) in [5, 5.41) is 7.69. The summed E-state index contributed by atoms with van der Waals surface area (Å²) in [5.41, 5.74) is 2.63. The van der Waals surface area contributed by atoms with Crippen molar-refractivity contribution in [2.45, 2.75) is 0 Å². The van der Waals surface area contributed by atoms with E-state index in [1.807, 2.05) is 22.9 Å². The molecule has 0 saturated carbocycles. The van der Waals surface area contributed by atoms with Gasteiger partial charge in [0, 0.05) is 0 Å². The van der Waals surface area contributed by atoms with Gasteiger partial charge in [-0.2, -0.15) is 10.6 Å². The van der Waals surface area contributed by atoms with E-state index in [1.165, 1.54) is 3.33 Å². The monoisotopic (exact) mass is 336 g/mol. The Balaban J connectivity index is 2.58. The number of halogens is 2. The smallest absolute Gasteiger partial charge is 0.143 e. The topological polar surface area (TPSA) is 40.0 Å². The van der Waals surface area contributed by atoms with Crippen LogP contribution in [0.4, 0.5) is 0 Å². The van der Waals surface area contributed by atoms with Gasteiger partial charge in [0.05, 0.1) is 6.21 Å². The van der Waals surface area contributed by atoms with Crippen LogP contribution in [0.2, 0.25) is 0 Å². The second-order valence-corrected chi connectivity index (χ2v) is 3.06. The van der Waals surface area contributed by atoms with E-state index in [9.17, 15) is 0 Å². The molecule has 1 aliphatic rings. The maximum Gasteiger partial charge on any atom is 0.143 e. The summed E-state index contributed by atoms with van der Waals surface area (Å²) >= 11 is 4.06. The molecule has 4 nitrogen and oxygen atoms in total. The second kappa shape index (κ2) is 2.80. The van der Waals surface area contributed by atoms with E-state index in [4.69, 9.17) is 0 Å². The van der Waals surface area contributed by atoms with Gasteiger partial charge in [0.2, 0.25) is 0 Å². The van der Waals surface area contributed by atoms with Crippen LogP contribution in [0, 0.1) is 0 Å². The summed E-state index contributed by atoms with van der Waals surface area (Å²) in [4.78, 5) is 0. The third kappa shape index (κ3) is 1.73. The van der Waals surface area contributed by atoms with Crippen LogP contribution in [0.3, 0.4) is 0 Å². The number of rotatable bonds is 0. The molecule has 0 bridgehead atoms. The molecule has 0 aromatic heterocycles. The van der Waals surface area contributed by atoms with Gasteiger partial charge in [-0.3, -0.25) is 0 Å². The third-order valence-electron chi connectivity index (χ3n) is 0.505. The van der Waals surface area contributed by atoms with Crippen LogP contribution in [0.25, 0.3) is 0 Å². The van der Waals surface area contributed by atoms with Crippen LogP contribution in [0.5, 0.6) is 0 Å². The van der Waals surface area contributed by atoms with Gasteiger partial charge >= 0.3 is 0 Å². The fourth-order valence-corrected chi connectivity index (χ4v) is 0.707. The normalized spacial score (nSPS) is 17.8. The van der Waals surface area contributed by atoms with Crippen LogP contribution in [0.1, 0.15) is 0 Å². The molecule has 0 saturated heterocycles. The molecule has 1 N–H and O–H groups in total. The highest BCUT2D eigenvalue weighted by Crippen LogP contribution is 1.99. The molecular weight excluding hydrogens is 334 g/mol. The first-order chi connectivity index (χ1) is 3.79. The van der Waals surface area contributed by atoms with Crippen molar-refractivity contribution < 1.29 is 0 Å². The molecule has 0 amide bonds. The van der Waals surface area contributed by atoms with Gasteiger partial charge in [-0.05, 0) is 22.6 Å². The zero-order chi connectivity index (χ0) is 5.98. The van der Waals surface area contributed by atoms with Crippen LogP contribution in [0.15, 0.2) is 10.2 Å². The van der Waals surface area contributed by atoms with E-state index in [0.717, 1.165) is 3.72 Å². The highest BCUT2D eigenvalue weighted by Gasteiger charge is 1.96. The van der Waals surface area contributed by atoms with Crippen molar-refractivity contribution in [1.82, 2.24) is 8.87 Å². The lowest BCUT2D eigenvalue weighted by Gasteiger charge is -2.10. The van der Waals surface area contributed by atoms with E-state index in [0.29, 0.717) is 0 Å². The number of nitrogens with zero attached hydrogens (tertiary/aromatic N) is 3. The van der Waals surface area contributed by atoms with Gasteiger partial charge in [-0.1, -0.05) is 0 Å². The minimum atomic E-state index is 0.857. The molecule has 0 spiro atoms. The lowest BCUT2D eigenvalue weighted by molar-refractivity contribution is 0.416. The van der Waals surface area contributed by atoms with Crippen LogP contribution in [-0.2, 0) is 0 Å². The first kappa shape index (κ1) is 6.52. The molecule has 8 heavy (non-hydrogen) atoms. The summed E-state index contributed by atoms with van der Waals surface area (Å²) in [6.45, 7) is 0. The van der Waals surface area contributed by atoms with Crippen molar-refractivity contribution in [3.05, 3.63) is 0 Å². The van der Waals surface area contributed by atoms with Gasteiger partial charge in [-0.15, -0.1) is 8.43 Å². The number of hydrogen-bond acceptors (Lipinski definition) is 4. The Labute approximate surface area is 74.0 Å². The predicted octanol–water partition coefficient (Wildman–Crippen LogP) is 0.891. The SMILES string of the molecule is IC1=NNN(I)N=C1. The van der Waals surface area contributed by atoms with Gasteiger partial charge in [0.1, 0.15) is 26.6 Å². The van der Waals surface area contributed by atoms with Crippen molar-refractivity contribution in [3.63, 3.8) is 0 Å². The number of nitrogens with one attached hydrogen (secondary N) is 1. The van der Waals surface area contributed by atoms with Crippen molar-refractivity contribution in [2.75, 3.05) is 0 Å². The van der Waals surface area contributed by atoms with Crippen LogP contribution < -0.4 is 5.53 Å². The Bertz CT molecular complexity index is 141. The molecule has 0 atom stereocenters. The molecule has 0 aromatic rings. The minimum absolute atomic E-state index is 0.857. The third-order valence-corrected chi connectivity index (χ3v) is 1.49. The highest BCUT2D eigenvalue weighted by atomic mass is 127. The summed E-state index contributed by atoms with van der Waals surface area (Å²) < 4.78 is 2.36. The van der Waals surface area contributed by atoms with E-state index in [2.05, 4.69) is 38.3 Å². The summed E-state index contributed by atoms with van der Waals surface area (Å²) in [6.07, 6.45) is 1.67. The quantitative estimate of drug-likeness (QED) is 0.527. The number of hydrazone groups is 2. The number of hydrogen-bond donors (Lipinski definition) is 1. The molecule has 1 rings (SSSR count). The summed E-state index contributed by atoms with van der Waals surface area (Å²) in [6, 6.07) is 0. The largest absolute Gasteiger partial charge is 0.192 e. The molecule has 0 fully saturated rings. The molecule has 0 aliphatic carbocycles.